The van der Waals surface area contributed by atoms with Crippen molar-refractivity contribution in [3.05, 3.63) is 11.9 Å². The highest BCUT2D eigenvalue weighted by atomic mass is 16.5. The number of nitrogens with one attached hydrogen (secondary N) is 1. The van der Waals surface area contributed by atoms with Gasteiger partial charge in [-0.25, -0.2) is 9.97 Å². The minimum Gasteiger partial charge on any atom is -0.481 e. The summed E-state index contributed by atoms with van der Waals surface area (Å²) in [5.74, 6) is 0.484. The molecule has 0 amide bonds. The third kappa shape index (κ3) is 4.20. The lowest BCUT2D eigenvalue weighted by molar-refractivity contribution is -0.137. The highest BCUT2D eigenvalue weighted by Crippen LogP contribution is 2.20. The number of hydrogen-bond acceptors (Lipinski definition) is 5. The maximum Gasteiger partial charge on any atom is 0.303 e. The van der Waals surface area contributed by atoms with Gasteiger partial charge in [0.2, 0.25) is 5.88 Å². The maximum atomic E-state index is 10.6. The smallest absolute Gasteiger partial charge is 0.303 e. The van der Waals surface area contributed by atoms with Crippen LogP contribution >= 0.6 is 0 Å². The Morgan fingerprint density at radius 1 is 1.56 bits per heavy atom. The fourth-order valence-electron chi connectivity index (χ4n) is 1.54. The molecule has 1 atom stereocenters. The Labute approximate surface area is 106 Å². The molecule has 0 aliphatic heterocycles. The van der Waals surface area contributed by atoms with Gasteiger partial charge in [-0.05, 0) is 19.8 Å². The predicted molar refractivity (Wildman–Crippen MR) is 67.8 cm³/mol. The first-order valence-electron chi connectivity index (χ1n) is 5.94. The van der Waals surface area contributed by atoms with Gasteiger partial charge in [-0.2, -0.15) is 0 Å². The van der Waals surface area contributed by atoms with E-state index >= 15 is 0 Å². The zero-order valence-electron chi connectivity index (χ0n) is 10.9. The van der Waals surface area contributed by atoms with Gasteiger partial charge in [-0.1, -0.05) is 6.92 Å². The number of carboxylic acids is 1. The van der Waals surface area contributed by atoms with E-state index in [2.05, 4.69) is 15.3 Å². The first kappa shape index (κ1) is 14.2. The number of carboxylic acid groups (broad SMARTS) is 1. The number of hydrogen-bond donors (Lipinski definition) is 2. The van der Waals surface area contributed by atoms with Gasteiger partial charge < -0.3 is 15.2 Å². The third-order valence-corrected chi connectivity index (χ3v) is 2.46. The molecule has 1 rings (SSSR count). The molecule has 0 aliphatic rings. The van der Waals surface area contributed by atoms with Gasteiger partial charge in [0.15, 0.2) is 0 Å². The molecule has 6 heteroatoms. The fourth-order valence-corrected chi connectivity index (χ4v) is 1.54. The van der Waals surface area contributed by atoms with E-state index in [-0.39, 0.29) is 12.3 Å². The molecule has 0 fully saturated rings. The lowest BCUT2D eigenvalue weighted by Crippen LogP contribution is -2.16. The van der Waals surface area contributed by atoms with Gasteiger partial charge in [0.05, 0.1) is 12.2 Å². The highest BCUT2D eigenvalue weighted by Gasteiger charge is 2.11. The third-order valence-electron chi connectivity index (χ3n) is 2.46. The summed E-state index contributed by atoms with van der Waals surface area (Å²) < 4.78 is 5.36. The van der Waals surface area contributed by atoms with Crippen LogP contribution in [0.5, 0.6) is 5.88 Å². The van der Waals surface area contributed by atoms with Crippen molar-refractivity contribution < 1.29 is 14.6 Å². The number of rotatable bonds is 7. The van der Waals surface area contributed by atoms with Gasteiger partial charge in [-0.15, -0.1) is 0 Å². The SMILES string of the molecule is CCOc1ncnc(NCC(C)CC(=O)O)c1C. The number of aromatic nitrogens is 2. The second-order valence-corrected chi connectivity index (χ2v) is 4.17. The highest BCUT2D eigenvalue weighted by molar-refractivity contribution is 5.67. The molecule has 0 aliphatic carbocycles. The van der Waals surface area contributed by atoms with Gasteiger partial charge in [0.1, 0.15) is 12.1 Å². The molecular weight excluding hydrogens is 234 g/mol. The first-order chi connectivity index (χ1) is 8.54. The van der Waals surface area contributed by atoms with E-state index in [1.54, 1.807) is 0 Å². The monoisotopic (exact) mass is 253 g/mol. The molecule has 18 heavy (non-hydrogen) atoms. The fraction of sp³-hybridized carbons (Fsp3) is 0.583. The molecule has 0 bridgehead atoms. The minimum absolute atomic E-state index is 0.0346. The second kappa shape index (κ2) is 6.78. The van der Waals surface area contributed by atoms with Crippen molar-refractivity contribution in [1.82, 2.24) is 9.97 Å². The maximum absolute atomic E-state index is 10.6. The Bertz CT molecular complexity index is 410. The van der Waals surface area contributed by atoms with Crippen LogP contribution in [0.25, 0.3) is 0 Å². The van der Waals surface area contributed by atoms with Crippen molar-refractivity contribution in [1.29, 1.82) is 0 Å². The van der Waals surface area contributed by atoms with Crippen LogP contribution in [0.3, 0.4) is 0 Å². The van der Waals surface area contributed by atoms with Crippen LogP contribution in [0.2, 0.25) is 0 Å². The molecular formula is C12H19N3O3. The van der Waals surface area contributed by atoms with Crippen molar-refractivity contribution in [3.8, 4) is 5.88 Å². The molecule has 100 valence electrons. The van der Waals surface area contributed by atoms with Gasteiger partial charge >= 0.3 is 5.97 Å². The number of carbonyl (C=O) groups is 1. The van der Waals surface area contributed by atoms with Crippen molar-refractivity contribution in [2.24, 2.45) is 5.92 Å². The normalized spacial score (nSPS) is 11.9. The van der Waals surface area contributed by atoms with Crippen LogP contribution < -0.4 is 10.1 Å². The summed E-state index contributed by atoms with van der Waals surface area (Å²) in [6.07, 6.45) is 1.57. The minimum atomic E-state index is -0.793. The summed E-state index contributed by atoms with van der Waals surface area (Å²) in [6, 6.07) is 0. The molecule has 1 heterocycles. The molecule has 2 N–H and O–H groups in total. The Balaban J connectivity index is 2.62. The molecule has 1 aromatic rings. The van der Waals surface area contributed by atoms with Crippen LogP contribution in [0.1, 0.15) is 25.8 Å². The molecule has 6 nitrogen and oxygen atoms in total. The molecule has 1 aromatic heterocycles. The van der Waals surface area contributed by atoms with Crippen LogP contribution in [0.4, 0.5) is 5.82 Å². The lowest BCUT2D eigenvalue weighted by atomic mass is 10.1. The van der Waals surface area contributed by atoms with Gasteiger partial charge in [-0.3, -0.25) is 4.79 Å². The van der Waals surface area contributed by atoms with Crippen molar-refractivity contribution >= 4 is 11.8 Å². The molecule has 0 saturated carbocycles. The van der Waals surface area contributed by atoms with E-state index in [4.69, 9.17) is 9.84 Å². The second-order valence-electron chi connectivity index (χ2n) is 4.17. The standard InChI is InChI=1S/C12H19N3O3/c1-4-18-12-9(3)11(14-7-15-12)13-6-8(2)5-10(16)17/h7-8H,4-6H2,1-3H3,(H,16,17)(H,13,14,15). The first-order valence-corrected chi connectivity index (χ1v) is 5.94. The topological polar surface area (TPSA) is 84.3 Å². The quantitative estimate of drug-likeness (QED) is 0.769. The molecule has 0 radical (unpaired) electrons. The van der Waals surface area contributed by atoms with E-state index < -0.39 is 5.97 Å². The molecule has 1 unspecified atom stereocenters. The number of ether oxygens (including phenoxy) is 1. The summed E-state index contributed by atoms with van der Waals surface area (Å²) in [6.45, 7) is 6.74. The molecule has 0 spiro atoms. The van der Waals surface area contributed by atoms with Crippen LogP contribution in [0.15, 0.2) is 6.33 Å². The Morgan fingerprint density at radius 2 is 2.28 bits per heavy atom. The number of anilines is 1. The summed E-state index contributed by atoms with van der Waals surface area (Å²) in [7, 11) is 0. The van der Waals surface area contributed by atoms with Crippen LogP contribution in [0, 0.1) is 12.8 Å². The molecule has 0 aromatic carbocycles. The van der Waals surface area contributed by atoms with E-state index in [0.29, 0.717) is 24.8 Å². The largest absolute Gasteiger partial charge is 0.481 e. The van der Waals surface area contributed by atoms with Crippen molar-refractivity contribution in [2.75, 3.05) is 18.5 Å². The zero-order chi connectivity index (χ0) is 13.5. The Kier molecular flexibility index (Phi) is 5.35. The number of aliphatic carboxylic acids is 1. The van der Waals surface area contributed by atoms with Crippen LogP contribution in [-0.2, 0) is 4.79 Å². The summed E-state index contributed by atoms with van der Waals surface area (Å²) >= 11 is 0. The Hall–Kier alpha value is -1.85. The van der Waals surface area contributed by atoms with E-state index in [1.165, 1.54) is 6.33 Å². The van der Waals surface area contributed by atoms with Crippen molar-refractivity contribution in [3.63, 3.8) is 0 Å². The van der Waals surface area contributed by atoms with Crippen molar-refractivity contribution in [2.45, 2.75) is 27.2 Å². The predicted octanol–water partition coefficient (Wildman–Crippen LogP) is 1.71. The van der Waals surface area contributed by atoms with E-state index in [1.807, 2.05) is 20.8 Å². The average Bonchev–Trinajstić information content (AvgIpc) is 2.29. The summed E-state index contributed by atoms with van der Waals surface area (Å²) in [5.41, 5.74) is 0.835. The van der Waals surface area contributed by atoms with E-state index in [9.17, 15) is 4.79 Å². The van der Waals surface area contributed by atoms with Gasteiger partial charge in [0, 0.05) is 13.0 Å². The zero-order valence-corrected chi connectivity index (χ0v) is 10.9. The summed E-state index contributed by atoms with van der Waals surface area (Å²) in [4.78, 5) is 18.7. The van der Waals surface area contributed by atoms with E-state index in [0.717, 1.165) is 5.56 Å². The Morgan fingerprint density at radius 3 is 2.89 bits per heavy atom. The summed E-state index contributed by atoms with van der Waals surface area (Å²) in [5, 5.41) is 11.8. The average molecular weight is 253 g/mol. The number of nitrogens with zero attached hydrogens (tertiary/aromatic N) is 2. The lowest BCUT2D eigenvalue weighted by Gasteiger charge is -2.14. The van der Waals surface area contributed by atoms with Gasteiger partial charge in [0.25, 0.3) is 0 Å². The molecule has 0 saturated heterocycles. The van der Waals surface area contributed by atoms with Crippen LogP contribution in [-0.4, -0.2) is 34.2 Å².